The van der Waals surface area contributed by atoms with Crippen LogP contribution in [0.25, 0.3) is 11.3 Å². The van der Waals surface area contributed by atoms with Gasteiger partial charge in [-0.1, -0.05) is 36.4 Å². The first-order valence-electron chi connectivity index (χ1n) is 9.85. The van der Waals surface area contributed by atoms with Gasteiger partial charge in [0.2, 0.25) is 0 Å². The smallest absolute Gasteiger partial charge is 0.253 e. The Kier molecular flexibility index (Phi) is 5.53. The fourth-order valence-electron chi connectivity index (χ4n) is 3.80. The van der Waals surface area contributed by atoms with Gasteiger partial charge >= 0.3 is 0 Å². The molecule has 1 saturated heterocycles. The molecule has 5 heteroatoms. The largest absolute Gasteiger partial charge is 0.337 e. The molecule has 28 heavy (non-hydrogen) atoms. The molecule has 1 fully saturated rings. The summed E-state index contributed by atoms with van der Waals surface area (Å²) in [5, 5.41) is 6.92. The molecule has 0 spiro atoms. The Balaban J connectivity index is 1.44. The van der Waals surface area contributed by atoms with Crippen molar-refractivity contribution in [2.45, 2.75) is 25.9 Å². The molecule has 4 rings (SSSR count). The van der Waals surface area contributed by atoms with Gasteiger partial charge in [-0.3, -0.25) is 14.8 Å². The predicted molar refractivity (Wildman–Crippen MR) is 111 cm³/mol. The van der Waals surface area contributed by atoms with Gasteiger partial charge in [0.15, 0.2) is 0 Å². The molecule has 1 amide bonds. The number of carbonyl (C=O) groups is 1. The number of rotatable bonds is 6. The molecular formula is C23H26N4O. The monoisotopic (exact) mass is 374 g/mol. The van der Waals surface area contributed by atoms with E-state index in [1.807, 2.05) is 37.4 Å². The van der Waals surface area contributed by atoms with Gasteiger partial charge in [0.25, 0.3) is 5.91 Å². The fraction of sp³-hybridized carbons (Fsp3) is 0.304. The van der Waals surface area contributed by atoms with E-state index < -0.39 is 0 Å². The van der Waals surface area contributed by atoms with E-state index in [0.29, 0.717) is 12.1 Å². The number of likely N-dealkylation sites (tertiary alicyclic amines) is 1. The Morgan fingerprint density at radius 2 is 1.75 bits per heavy atom. The van der Waals surface area contributed by atoms with Crippen LogP contribution in [0, 0.1) is 0 Å². The molecule has 1 aliphatic heterocycles. The summed E-state index contributed by atoms with van der Waals surface area (Å²) in [5.74, 6) is 0.0344. The van der Waals surface area contributed by atoms with Crippen LogP contribution in [0.2, 0.25) is 0 Å². The maximum Gasteiger partial charge on any atom is 0.253 e. The summed E-state index contributed by atoms with van der Waals surface area (Å²) in [5.41, 5.74) is 5.21. The molecule has 1 N–H and O–H groups in total. The third-order valence-corrected chi connectivity index (χ3v) is 5.41. The molecule has 0 atom stereocenters. The van der Waals surface area contributed by atoms with Crippen LogP contribution in [-0.4, -0.2) is 46.0 Å². The molecule has 0 unspecified atom stereocenters. The molecule has 0 radical (unpaired) electrons. The van der Waals surface area contributed by atoms with Gasteiger partial charge < -0.3 is 4.90 Å². The lowest BCUT2D eigenvalue weighted by molar-refractivity contribution is 0.0784. The van der Waals surface area contributed by atoms with Crippen LogP contribution in [0.4, 0.5) is 0 Å². The van der Waals surface area contributed by atoms with Crippen LogP contribution in [0.1, 0.15) is 34.3 Å². The summed E-state index contributed by atoms with van der Waals surface area (Å²) in [4.78, 5) is 17.2. The molecule has 0 saturated carbocycles. The first-order valence-corrected chi connectivity index (χ1v) is 9.85. The highest BCUT2D eigenvalue weighted by molar-refractivity contribution is 5.94. The summed E-state index contributed by atoms with van der Waals surface area (Å²) < 4.78 is 0. The summed E-state index contributed by atoms with van der Waals surface area (Å²) in [6.45, 7) is 3.93. The number of nitrogens with one attached hydrogen (secondary N) is 1. The number of hydrogen-bond donors (Lipinski definition) is 1. The Hall–Kier alpha value is -2.92. The van der Waals surface area contributed by atoms with Crippen LogP contribution >= 0.6 is 0 Å². The molecule has 1 aromatic heterocycles. The number of amides is 1. The zero-order valence-corrected chi connectivity index (χ0v) is 16.3. The first-order chi connectivity index (χ1) is 13.7. The van der Waals surface area contributed by atoms with Crippen molar-refractivity contribution in [2.24, 2.45) is 0 Å². The highest BCUT2D eigenvalue weighted by Gasteiger charge is 2.16. The molecule has 5 nitrogen and oxygen atoms in total. The van der Waals surface area contributed by atoms with Gasteiger partial charge in [0.1, 0.15) is 0 Å². The van der Waals surface area contributed by atoms with Crippen molar-refractivity contribution < 1.29 is 4.79 Å². The van der Waals surface area contributed by atoms with Gasteiger partial charge in [0, 0.05) is 31.9 Å². The number of hydrogen-bond acceptors (Lipinski definition) is 3. The van der Waals surface area contributed by atoms with E-state index in [-0.39, 0.29) is 5.91 Å². The molecule has 0 bridgehead atoms. The van der Waals surface area contributed by atoms with E-state index in [1.165, 1.54) is 37.1 Å². The number of nitrogens with zero attached hydrogens (tertiary/aromatic N) is 3. The average Bonchev–Trinajstić information content (AvgIpc) is 3.43. The minimum atomic E-state index is 0.0344. The maximum atomic E-state index is 12.9. The Morgan fingerprint density at radius 1 is 1.04 bits per heavy atom. The van der Waals surface area contributed by atoms with Gasteiger partial charge in [-0.15, -0.1) is 0 Å². The topological polar surface area (TPSA) is 52.2 Å². The molecule has 144 valence electrons. The number of benzene rings is 2. The highest BCUT2D eigenvalue weighted by Crippen LogP contribution is 2.20. The molecule has 1 aliphatic rings. The molecular weight excluding hydrogens is 348 g/mol. The van der Waals surface area contributed by atoms with Crippen molar-refractivity contribution in [2.75, 3.05) is 20.1 Å². The van der Waals surface area contributed by atoms with Crippen molar-refractivity contribution in [3.05, 3.63) is 77.5 Å². The minimum Gasteiger partial charge on any atom is -0.337 e. The fourth-order valence-corrected chi connectivity index (χ4v) is 3.80. The van der Waals surface area contributed by atoms with Crippen molar-refractivity contribution in [3.8, 4) is 11.3 Å². The number of carbonyl (C=O) groups excluding carboxylic acids is 1. The van der Waals surface area contributed by atoms with Crippen LogP contribution in [0.5, 0.6) is 0 Å². The lowest BCUT2D eigenvalue weighted by Crippen LogP contribution is -2.27. The van der Waals surface area contributed by atoms with Crippen LogP contribution in [-0.2, 0) is 13.1 Å². The van der Waals surface area contributed by atoms with Crippen molar-refractivity contribution in [1.29, 1.82) is 0 Å². The summed E-state index contributed by atoms with van der Waals surface area (Å²) in [7, 11) is 1.87. The lowest BCUT2D eigenvalue weighted by atomic mass is 10.1. The molecule has 2 aromatic carbocycles. The van der Waals surface area contributed by atoms with Gasteiger partial charge in [-0.05, 0) is 60.8 Å². The minimum absolute atomic E-state index is 0.0344. The van der Waals surface area contributed by atoms with Crippen LogP contribution in [0.15, 0.2) is 60.8 Å². The Labute approximate surface area is 166 Å². The standard InChI is InChI=1S/C23H26N4O/c1-26(16-20-6-2-3-7-21(20)17-27-14-4-5-15-27)23(28)19-10-8-18(9-11-19)22-12-13-24-25-22/h2-3,6-13H,4-5,14-17H2,1H3,(H,24,25). The van der Waals surface area contributed by atoms with Crippen LogP contribution in [0.3, 0.4) is 0 Å². The highest BCUT2D eigenvalue weighted by atomic mass is 16.2. The van der Waals surface area contributed by atoms with E-state index >= 15 is 0 Å². The summed E-state index contributed by atoms with van der Waals surface area (Å²) in [6.07, 6.45) is 4.30. The normalized spacial score (nSPS) is 14.3. The zero-order chi connectivity index (χ0) is 19.3. The number of H-pyrrole nitrogens is 1. The van der Waals surface area contributed by atoms with E-state index in [1.54, 1.807) is 11.1 Å². The van der Waals surface area contributed by atoms with Gasteiger partial charge in [-0.25, -0.2) is 0 Å². The maximum absolute atomic E-state index is 12.9. The van der Waals surface area contributed by atoms with E-state index in [0.717, 1.165) is 17.8 Å². The molecule has 2 heterocycles. The quantitative estimate of drug-likeness (QED) is 0.711. The lowest BCUT2D eigenvalue weighted by Gasteiger charge is -2.22. The summed E-state index contributed by atoms with van der Waals surface area (Å²) in [6, 6.07) is 18.1. The third kappa shape index (κ3) is 4.15. The van der Waals surface area contributed by atoms with Crippen molar-refractivity contribution in [1.82, 2.24) is 20.0 Å². The second kappa shape index (κ2) is 8.40. The SMILES string of the molecule is CN(Cc1ccccc1CN1CCCC1)C(=O)c1ccc(-c2ccn[nH]2)cc1. The first kappa shape index (κ1) is 18.4. The van der Waals surface area contributed by atoms with Gasteiger partial charge in [0.05, 0.1) is 5.69 Å². The van der Waals surface area contributed by atoms with E-state index in [2.05, 4.69) is 39.4 Å². The predicted octanol–water partition coefficient (Wildman–Crippen LogP) is 3.94. The van der Waals surface area contributed by atoms with Gasteiger partial charge in [-0.2, -0.15) is 5.10 Å². The van der Waals surface area contributed by atoms with E-state index in [4.69, 9.17) is 0 Å². The summed E-state index contributed by atoms with van der Waals surface area (Å²) >= 11 is 0. The molecule has 3 aromatic rings. The second-order valence-corrected chi connectivity index (χ2v) is 7.46. The number of aromatic nitrogens is 2. The number of aromatic amines is 1. The van der Waals surface area contributed by atoms with Crippen molar-refractivity contribution in [3.63, 3.8) is 0 Å². The Morgan fingerprint density at radius 3 is 2.43 bits per heavy atom. The third-order valence-electron chi connectivity index (χ3n) is 5.41. The Bertz CT molecular complexity index is 912. The van der Waals surface area contributed by atoms with Crippen molar-refractivity contribution >= 4 is 5.91 Å². The zero-order valence-electron chi connectivity index (χ0n) is 16.3. The average molecular weight is 374 g/mol. The second-order valence-electron chi connectivity index (χ2n) is 7.46. The van der Waals surface area contributed by atoms with E-state index in [9.17, 15) is 4.79 Å². The van der Waals surface area contributed by atoms with Crippen LogP contribution < -0.4 is 0 Å². The molecule has 0 aliphatic carbocycles.